The Morgan fingerprint density at radius 1 is 1.22 bits per heavy atom. The van der Waals surface area contributed by atoms with Crippen molar-refractivity contribution in [1.29, 1.82) is 0 Å². The number of carbonyl (C=O) groups is 3. The fourth-order valence-electron chi connectivity index (χ4n) is 3.01. The van der Waals surface area contributed by atoms with Crippen LogP contribution in [0.1, 0.15) is 32.6 Å². The van der Waals surface area contributed by atoms with Crippen LogP contribution in [0.2, 0.25) is 0 Å². The fraction of sp³-hybridized carbons (Fsp3) is 0.769. The maximum absolute atomic E-state index is 12.4. The summed E-state index contributed by atoms with van der Waals surface area (Å²) in [4.78, 5) is 41.6. The van der Waals surface area contributed by atoms with E-state index in [2.05, 4.69) is 0 Å². The van der Waals surface area contributed by atoms with E-state index in [0.717, 1.165) is 5.06 Å². The Balaban J connectivity index is 2.15. The van der Waals surface area contributed by atoms with E-state index in [0.29, 0.717) is 6.42 Å². The summed E-state index contributed by atoms with van der Waals surface area (Å²) in [7, 11) is 0. The molecule has 10 nitrogen and oxygen atoms in total. The average molecular weight is 330 g/mol. The monoisotopic (exact) mass is 330 g/mol. The lowest BCUT2D eigenvalue weighted by atomic mass is 9.95. The highest BCUT2D eigenvalue weighted by Gasteiger charge is 2.69. The molecule has 0 saturated carbocycles. The molecule has 3 saturated heterocycles. The van der Waals surface area contributed by atoms with Crippen molar-refractivity contribution in [2.75, 3.05) is 13.2 Å². The van der Waals surface area contributed by atoms with E-state index >= 15 is 0 Å². The molecule has 0 aromatic rings. The molecule has 3 heterocycles. The first kappa shape index (κ1) is 16.1. The summed E-state index contributed by atoms with van der Waals surface area (Å²) < 4.78 is 16.0. The van der Waals surface area contributed by atoms with Gasteiger partial charge in [-0.05, 0) is 6.42 Å². The summed E-state index contributed by atoms with van der Waals surface area (Å²) in [6, 6.07) is 0. The lowest BCUT2D eigenvalue weighted by Gasteiger charge is -2.51. The van der Waals surface area contributed by atoms with E-state index < -0.39 is 48.0 Å². The molecule has 3 fully saturated rings. The number of nitrogens with zero attached hydrogens (tertiary/aromatic N) is 1. The summed E-state index contributed by atoms with van der Waals surface area (Å²) in [6.07, 6.45) is -0.794. The number of hydrogen-bond acceptors (Lipinski definition) is 10. The topological polar surface area (TPSA) is 138 Å². The number of hydrogen-bond donors (Lipinski definition) is 2. The highest BCUT2D eigenvalue weighted by molar-refractivity contribution is 5.91. The van der Waals surface area contributed by atoms with Crippen LogP contribution in [0.3, 0.4) is 0 Å². The molecule has 3 unspecified atom stereocenters. The van der Waals surface area contributed by atoms with Gasteiger partial charge in [0.1, 0.15) is 0 Å². The molecule has 23 heavy (non-hydrogen) atoms. The molecule has 1 spiro atoms. The van der Waals surface area contributed by atoms with Gasteiger partial charge in [-0.15, -0.1) is 0 Å². The van der Waals surface area contributed by atoms with Crippen molar-refractivity contribution in [3.63, 3.8) is 0 Å². The standard InChI is InChI=1S/C13H18N2O8/c1-2-3-12(14)13-15(4-5-20-12)23-9(17)7-11(19,10(18)22-13)6-8(16)21-13/h19H,2-7,14H2,1H3. The van der Waals surface area contributed by atoms with Gasteiger partial charge in [-0.25, -0.2) is 4.79 Å². The van der Waals surface area contributed by atoms with Gasteiger partial charge in [0.2, 0.25) is 5.72 Å². The van der Waals surface area contributed by atoms with Crippen LogP contribution < -0.4 is 5.73 Å². The maximum Gasteiger partial charge on any atom is 0.396 e. The summed E-state index contributed by atoms with van der Waals surface area (Å²) >= 11 is 0. The van der Waals surface area contributed by atoms with Gasteiger partial charge in [-0.2, -0.15) is 0 Å². The van der Waals surface area contributed by atoms with E-state index in [1.165, 1.54) is 0 Å². The second-order valence-corrected chi connectivity index (χ2v) is 5.88. The van der Waals surface area contributed by atoms with Gasteiger partial charge in [-0.3, -0.25) is 15.3 Å². The molecule has 0 amide bonds. The number of hydroxylamine groups is 2. The van der Waals surface area contributed by atoms with Gasteiger partial charge < -0.3 is 24.2 Å². The van der Waals surface area contributed by atoms with Crippen LogP contribution in [-0.4, -0.2) is 58.5 Å². The molecule has 10 heteroatoms. The van der Waals surface area contributed by atoms with E-state index in [1.54, 1.807) is 6.92 Å². The zero-order valence-corrected chi connectivity index (χ0v) is 12.6. The Morgan fingerprint density at radius 3 is 2.61 bits per heavy atom. The van der Waals surface area contributed by atoms with Gasteiger partial charge in [0.05, 0.1) is 26.0 Å². The minimum absolute atomic E-state index is 0.0204. The summed E-state index contributed by atoms with van der Waals surface area (Å²) in [5.74, 6) is -5.29. The highest BCUT2D eigenvalue weighted by atomic mass is 16.9. The smallest absolute Gasteiger partial charge is 0.396 e. The fourth-order valence-corrected chi connectivity index (χ4v) is 3.01. The first-order valence-corrected chi connectivity index (χ1v) is 7.34. The normalized spacial score (nSPS) is 41.1. The van der Waals surface area contributed by atoms with Crippen LogP contribution in [0, 0.1) is 0 Å². The number of nitrogens with two attached hydrogens (primary N) is 1. The SMILES string of the molecule is CCCC1(N)OCCN2OC(=O)CC3(O)CC(=O)OC21OC3=O. The molecule has 0 radical (unpaired) electrons. The minimum Gasteiger partial charge on any atom is -0.402 e. The van der Waals surface area contributed by atoms with Crippen molar-refractivity contribution in [3.8, 4) is 0 Å². The lowest BCUT2D eigenvalue weighted by molar-refractivity contribution is -0.447. The van der Waals surface area contributed by atoms with Gasteiger partial charge in [0.15, 0.2) is 5.60 Å². The second kappa shape index (κ2) is 5.13. The zero-order chi connectivity index (χ0) is 16.9. The maximum atomic E-state index is 12.4. The number of carbonyl (C=O) groups excluding carboxylic acids is 3. The molecule has 3 N–H and O–H groups in total. The van der Waals surface area contributed by atoms with Crippen LogP contribution in [0.25, 0.3) is 0 Å². The van der Waals surface area contributed by atoms with Crippen molar-refractivity contribution >= 4 is 17.9 Å². The van der Waals surface area contributed by atoms with Gasteiger partial charge >= 0.3 is 23.8 Å². The Hall–Kier alpha value is -1.75. The summed E-state index contributed by atoms with van der Waals surface area (Å²) in [6.45, 7) is 1.86. The molecular formula is C13H18N2O8. The molecule has 0 aliphatic carbocycles. The summed E-state index contributed by atoms with van der Waals surface area (Å²) in [5.41, 5.74) is 2.11. The van der Waals surface area contributed by atoms with Crippen molar-refractivity contribution in [2.24, 2.45) is 5.73 Å². The van der Waals surface area contributed by atoms with E-state index in [-0.39, 0.29) is 19.6 Å². The highest BCUT2D eigenvalue weighted by Crippen LogP contribution is 2.43. The van der Waals surface area contributed by atoms with Gasteiger partial charge in [0, 0.05) is 0 Å². The Bertz CT molecular complexity index is 564. The third-order valence-electron chi connectivity index (χ3n) is 4.09. The van der Waals surface area contributed by atoms with E-state index in [9.17, 15) is 19.5 Å². The first-order valence-electron chi connectivity index (χ1n) is 7.34. The number of fused-ring (bicyclic) bond motifs is 2. The van der Waals surface area contributed by atoms with Gasteiger partial charge in [-0.1, -0.05) is 18.4 Å². The molecule has 3 aliphatic heterocycles. The predicted octanol–water partition coefficient (Wildman–Crippen LogP) is -1.49. The van der Waals surface area contributed by atoms with Gasteiger partial charge in [0.25, 0.3) is 0 Å². The average Bonchev–Trinajstić information content (AvgIpc) is 2.48. The van der Waals surface area contributed by atoms with Crippen LogP contribution in [0.5, 0.6) is 0 Å². The number of morpholine rings is 1. The number of rotatable bonds is 2. The Morgan fingerprint density at radius 2 is 1.91 bits per heavy atom. The molecular weight excluding hydrogens is 312 g/mol. The molecule has 3 aliphatic rings. The third-order valence-corrected chi connectivity index (χ3v) is 4.09. The molecule has 0 aromatic heterocycles. The molecule has 128 valence electrons. The van der Waals surface area contributed by atoms with E-state index in [1.807, 2.05) is 0 Å². The molecule has 0 aromatic carbocycles. The van der Waals surface area contributed by atoms with Crippen LogP contribution >= 0.6 is 0 Å². The quantitative estimate of drug-likeness (QED) is 0.576. The zero-order valence-electron chi connectivity index (χ0n) is 12.6. The lowest BCUT2D eigenvalue weighted by Crippen LogP contribution is -2.77. The minimum atomic E-state index is -2.35. The number of aliphatic hydroxyl groups is 1. The Kier molecular flexibility index (Phi) is 3.59. The van der Waals surface area contributed by atoms with Crippen molar-refractivity contribution in [2.45, 2.75) is 49.8 Å². The van der Waals surface area contributed by atoms with Crippen molar-refractivity contribution < 1.29 is 38.5 Å². The van der Waals surface area contributed by atoms with Crippen molar-refractivity contribution in [1.82, 2.24) is 5.06 Å². The molecule has 2 bridgehead atoms. The summed E-state index contributed by atoms with van der Waals surface area (Å²) in [5, 5.41) is 11.2. The van der Waals surface area contributed by atoms with Crippen molar-refractivity contribution in [3.05, 3.63) is 0 Å². The number of ether oxygens (including phenoxy) is 3. The second-order valence-electron chi connectivity index (χ2n) is 5.88. The van der Waals surface area contributed by atoms with Crippen LogP contribution in [0.4, 0.5) is 0 Å². The molecule has 3 rings (SSSR count). The first-order chi connectivity index (χ1) is 10.7. The van der Waals surface area contributed by atoms with E-state index in [4.69, 9.17) is 24.8 Å². The third kappa shape index (κ3) is 2.29. The molecule has 3 atom stereocenters. The predicted molar refractivity (Wildman–Crippen MR) is 69.7 cm³/mol. The Labute approximate surface area is 131 Å². The largest absolute Gasteiger partial charge is 0.402 e. The van der Waals surface area contributed by atoms with Crippen LogP contribution in [0.15, 0.2) is 0 Å². The van der Waals surface area contributed by atoms with Crippen LogP contribution in [-0.2, 0) is 33.4 Å². The number of esters is 2.